The highest BCUT2D eigenvalue weighted by molar-refractivity contribution is 6.02. The van der Waals surface area contributed by atoms with Crippen molar-refractivity contribution in [1.82, 2.24) is 9.96 Å². The number of hydrogen-bond acceptors (Lipinski definition) is 4. The molecule has 8 nitrogen and oxygen atoms in total. The lowest BCUT2D eigenvalue weighted by molar-refractivity contribution is -0.248. The number of hydrogen-bond donors (Lipinski definition) is 2. The van der Waals surface area contributed by atoms with E-state index in [9.17, 15) is 14.8 Å². The van der Waals surface area contributed by atoms with Crippen molar-refractivity contribution in [2.24, 2.45) is 0 Å². The van der Waals surface area contributed by atoms with Gasteiger partial charge < -0.3 is 10.2 Å². The van der Waals surface area contributed by atoms with Gasteiger partial charge >= 0.3 is 6.16 Å². The summed E-state index contributed by atoms with van der Waals surface area (Å²) in [6.07, 6.45) is -0.726. The molecule has 1 radical (unpaired) electrons. The maximum absolute atomic E-state index is 12.2. The van der Waals surface area contributed by atoms with E-state index in [2.05, 4.69) is 0 Å². The molecular weight excluding hydrogens is 280 g/mol. The Hall–Kier alpha value is -1.67. The van der Waals surface area contributed by atoms with E-state index >= 15 is 0 Å². The Balaban J connectivity index is 0.000000491. The number of likely N-dealkylation sites (tertiary alicyclic amines) is 1. The first-order chi connectivity index (χ1) is 9.41. The summed E-state index contributed by atoms with van der Waals surface area (Å²) < 4.78 is 0. The summed E-state index contributed by atoms with van der Waals surface area (Å²) in [5, 5.41) is 27.2. The van der Waals surface area contributed by atoms with Crippen LogP contribution >= 0.6 is 0 Å². The summed E-state index contributed by atoms with van der Waals surface area (Å²) in [6.45, 7) is 7.32. The Morgan fingerprint density at radius 1 is 1.10 bits per heavy atom. The van der Waals surface area contributed by atoms with Gasteiger partial charge in [-0.2, -0.15) is 0 Å². The van der Waals surface area contributed by atoms with E-state index in [1.54, 1.807) is 13.8 Å². The van der Waals surface area contributed by atoms with Crippen LogP contribution in [0.2, 0.25) is 0 Å². The van der Waals surface area contributed by atoms with Gasteiger partial charge in [-0.3, -0.25) is 14.5 Å². The van der Waals surface area contributed by atoms with Crippen LogP contribution in [-0.4, -0.2) is 55.3 Å². The minimum absolute atomic E-state index is 0.140. The van der Waals surface area contributed by atoms with Crippen LogP contribution in [0.25, 0.3) is 0 Å². The van der Waals surface area contributed by atoms with Gasteiger partial charge in [0.05, 0.1) is 11.6 Å². The van der Waals surface area contributed by atoms with Crippen molar-refractivity contribution < 1.29 is 29.8 Å². The number of rotatable bonds is 1. The van der Waals surface area contributed by atoms with E-state index in [1.807, 2.05) is 13.8 Å². The van der Waals surface area contributed by atoms with Crippen LogP contribution in [0.3, 0.4) is 0 Å². The third-order valence-corrected chi connectivity index (χ3v) is 3.98. The predicted octanol–water partition coefficient (Wildman–Crippen LogP) is 1.33. The molecular formula is C13H21N2O6. The van der Waals surface area contributed by atoms with Crippen LogP contribution in [0.15, 0.2) is 0 Å². The van der Waals surface area contributed by atoms with E-state index in [-0.39, 0.29) is 30.7 Å². The first-order valence-electron chi connectivity index (χ1n) is 6.65. The molecule has 8 heteroatoms. The molecule has 2 aliphatic rings. The Bertz CT molecular complexity index is 440. The maximum atomic E-state index is 12.2. The molecule has 2 saturated heterocycles. The number of hydroxylamine groups is 2. The second kappa shape index (κ2) is 5.61. The van der Waals surface area contributed by atoms with Crippen molar-refractivity contribution in [2.75, 3.05) is 0 Å². The molecule has 1 atom stereocenters. The number of imide groups is 1. The highest BCUT2D eigenvalue weighted by Crippen LogP contribution is 2.43. The topological polar surface area (TPSA) is 118 Å². The van der Waals surface area contributed by atoms with Crippen molar-refractivity contribution in [3.8, 4) is 0 Å². The lowest BCUT2D eigenvalue weighted by Crippen LogP contribution is -2.54. The zero-order valence-electron chi connectivity index (χ0n) is 12.6. The molecule has 0 aliphatic carbocycles. The smallest absolute Gasteiger partial charge is 0.450 e. The van der Waals surface area contributed by atoms with Crippen molar-refractivity contribution in [2.45, 2.75) is 64.1 Å². The molecule has 0 aromatic rings. The summed E-state index contributed by atoms with van der Waals surface area (Å²) in [4.78, 5) is 33.4. The molecule has 2 amide bonds. The van der Waals surface area contributed by atoms with E-state index in [1.165, 1.54) is 4.90 Å². The molecule has 0 aromatic carbocycles. The van der Waals surface area contributed by atoms with Gasteiger partial charge in [0.25, 0.3) is 0 Å². The molecule has 0 bridgehead atoms. The molecule has 2 N–H and O–H groups in total. The maximum Gasteiger partial charge on any atom is 0.503 e. The van der Waals surface area contributed by atoms with E-state index in [0.29, 0.717) is 6.42 Å². The number of carbonyl (C=O) groups is 3. The predicted molar refractivity (Wildman–Crippen MR) is 70.8 cm³/mol. The lowest BCUT2D eigenvalue weighted by atomic mass is 9.93. The zero-order valence-corrected chi connectivity index (χ0v) is 12.6. The van der Waals surface area contributed by atoms with E-state index in [4.69, 9.17) is 15.0 Å². The summed E-state index contributed by atoms with van der Waals surface area (Å²) in [5.41, 5.74) is -1.24. The molecule has 1 unspecified atom stereocenters. The summed E-state index contributed by atoms with van der Waals surface area (Å²) in [6, 6.07) is -0.308. The van der Waals surface area contributed by atoms with E-state index in [0.717, 1.165) is 5.06 Å². The Morgan fingerprint density at radius 2 is 1.48 bits per heavy atom. The molecule has 0 spiro atoms. The average Bonchev–Trinajstić information content (AvgIpc) is 2.70. The fourth-order valence-electron chi connectivity index (χ4n) is 3.07. The highest BCUT2D eigenvalue weighted by Gasteiger charge is 2.57. The molecule has 0 saturated carbocycles. The van der Waals surface area contributed by atoms with Crippen molar-refractivity contribution in [3.63, 3.8) is 0 Å². The Morgan fingerprint density at radius 3 is 1.76 bits per heavy atom. The second-order valence-corrected chi connectivity index (χ2v) is 6.42. The zero-order chi connectivity index (χ0) is 16.6. The highest BCUT2D eigenvalue weighted by atomic mass is 16.6. The minimum atomic E-state index is -1.83. The van der Waals surface area contributed by atoms with Gasteiger partial charge in [-0.1, -0.05) is 0 Å². The lowest BCUT2D eigenvalue weighted by Gasteiger charge is -2.36. The average molecular weight is 301 g/mol. The molecule has 0 aromatic heterocycles. The van der Waals surface area contributed by atoms with Crippen molar-refractivity contribution in [1.29, 1.82) is 0 Å². The summed E-state index contributed by atoms with van der Waals surface area (Å²) in [7, 11) is 0. The van der Waals surface area contributed by atoms with Crippen LogP contribution in [0.5, 0.6) is 0 Å². The Kier molecular flexibility index (Phi) is 4.64. The second-order valence-electron chi connectivity index (χ2n) is 6.42. The standard InChI is InChI=1S/C12H19N2O3.CH2O3/c1-11(2)7-8(12(3,4)14(11)17)13-9(15)5-6-10(13)16;2-1(3)4/h8H,5-7H2,1-4H3;(H2,2,3,4). The van der Waals surface area contributed by atoms with Gasteiger partial charge in [0, 0.05) is 18.4 Å². The van der Waals surface area contributed by atoms with Gasteiger partial charge in [-0.25, -0.2) is 4.79 Å². The third kappa shape index (κ3) is 3.33. The molecule has 2 heterocycles. The van der Waals surface area contributed by atoms with Crippen molar-refractivity contribution >= 4 is 18.0 Å². The monoisotopic (exact) mass is 301 g/mol. The van der Waals surface area contributed by atoms with Crippen LogP contribution in [0.4, 0.5) is 4.79 Å². The molecule has 2 fully saturated rings. The summed E-state index contributed by atoms with van der Waals surface area (Å²) in [5.74, 6) is -0.279. The fraction of sp³-hybridized carbons (Fsp3) is 0.769. The fourth-order valence-corrected chi connectivity index (χ4v) is 3.07. The van der Waals surface area contributed by atoms with Crippen LogP contribution in [-0.2, 0) is 14.8 Å². The summed E-state index contributed by atoms with van der Waals surface area (Å²) >= 11 is 0. The number of nitrogens with zero attached hydrogens (tertiary/aromatic N) is 2. The van der Waals surface area contributed by atoms with Gasteiger partial charge in [0.2, 0.25) is 11.8 Å². The molecule has 2 rings (SSSR count). The molecule has 119 valence electrons. The quantitative estimate of drug-likeness (QED) is 0.705. The van der Waals surface area contributed by atoms with Gasteiger partial charge in [0.1, 0.15) is 0 Å². The van der Waals surface area contributed by atoms with Gasteiger partial charge in [-0.15, -0.1) is 10.3 Å². The Labute approximate surface area is 122 Å². The van der Waals surface area contributed by atoms with E-state index < -0.39 is 17.2 Å². The van der Waals surface area contributed by atoms with Gasteiger partial charge in [0.15, 0.2) is 0 Å². The largest absolute Gasteiger partial charge is 0.503 e. The first-order valence-corrected chi connectivity index (χ1v) is 6.65. The first kappa shape index (κ1) is 17.4. The third-order valence-electron chi connectivity index (χ3n) is 3.98. The van der Waals surface area contributed by atoms with Crippen LogP contribution < -0.4 is 0 Å². The number of carboxylic acid groups (broad SMARTS) is 2. The SMILES string of the molecule is CC1(C)CC(N2C(=O)CCC2=O)C(C)(C)N1[O].O=C(O)O. The van der Waals surface area contributed by atoms with Crippen LogP contribution in [0, 0.1) is 0 Å². The number of amides is 2. The normalized spacial score (nSPS) is 27.5. The minimum Gasteiger partial charge on any atom is -0.450 e. The molecule has 2 aliphatic heterocycles. The molecule has 21 heavy (non-hydrogen) atoms. The van der Waals surface area contributed by atoms with Crippen molar-refractivity contribution in [3.05, 3.63) is 0 Å². The van der Waals surface area contributed by atoms with Crippen LogP contribution in [0.1, 0.15) is 47.0 Å². The number of carbonyl (C=O) groups excluding carboxylic acids is 2. The van der Waals surface area contributed by atoms with Gasteiger partial charge in [-0.05, 0) is 34.1 Å².